The number of nitrogens with one attached hydrogen (secondary N) is 2. The third kappa shape index (κ3) is 7.44. The summed E-state index contributed by atoms with van der Waals surface area (Å²) in [5.74, 6) is -1.52. The van der Waals surface area contributed by atoms with E-state index in [9.17, 15) is 18.0 Å². The monoisotopic (exact) mass is 466 g/mol. The van der Waals surface area contributed by atoms with Gasteiger partial charge in [0.05, 0.1) is 5.75 Å². The van der Waals surface area contributed by atoms with Crippen LogP contribution in [0.3, 0.4) is 0 Å². The van der Waals surface area contributed by atoms with Gasteiger partial charge in [0.1, 0.15) is 5.75 Å². The van der Waals surface area contributed by atoms with Crippen molar-refractivity contribution in [1.82, 2.24) is 10.6 Å². The third-order valence-electron chi connectivity index (χ3n) is 3.87. The number of hydrogen-bond acceptors (Lipinski definition) is 4. The van der Waals surface area contributed by atoms with Crippen LogP contribution in [0.25, 0.3) is 0 Å². The van der Waals surface area contributed by atoms with Gasteiger partial charge in [-0.2, -0.15) is 0 Å². The molecule has 2 aromatic rings. The predicted octanol–water partition coefficient (Wildman–Crippen LogP) is 2.82. The van der Waals surface area contributed by atoms with E-state index in [2.05, 4.69) is 26.6 Å². The summed E-state index contributed by atoms with van der Waals surface area (Å²) < 4.78 is 25.3. The van der Waals surface area contributed by atoms with Crippen LogP contribution in [0.5, 0.6) is 0 Å². The maximum Gasteiger partial charge on any atom is 0.251 e. The summed E-state index contributed by atoms with van der Waals surface area (Å²) in [5.41, 5.74) is 1.85. The van der Waals surface area contributed by atoms with Crippen molar-refractivity contribution in [2.45, 2.75) is 25.6 Å². The van der Waals surface area contributed by atoms with Gasteiger partial charge in [0.25, 0.3) is 5.91 Å². The number of carbonyl (C=O) groups is 2. The number of carbonyl (C=O) groups excluding carboxylic acids is 2. The van der Waals surface area contributed by atoms with E-state index >= 15 is 0 Å². The second-order valence-electron chi connectivity index (χ2n) is 6.39. The molecule has 0 spiro atoms. The first-order valence-corrected chi connectivity index (χ1v) is 11.5. The highest BCUT2D eigenvalue weighted by Crippen LogP contribution is 2.13. The SMILES string of the molecule is CCCNC(=O)c1cccc(CNC(=O)CS(=O)(=O)Cc2ccc(Br)cc2)c1. The molecule has 0 aliphatic heterocycles. The van der Waals surface area contributed by atoms with Crippen molar-refractivity contribution >= 4 is 37.6 Å². The maximum atomic E-state index is 12.2. The highest BCUT2D eigenvalue weighted by atomic mass is 79.9. The Balaban J connectivity index is 1.89. The van der Waals surface area contributed by atoms with Gasteiger partial charge in [-0.1, -0.05) is 47.1 Å². The summed E-state index contributed by atoms with van der Waals surface area (Å²) in [6.45, 7) is 2.72. The highest BCUT2D eigenvalue weighted by molar-refractivity contribution is 9.10. The second kappa shape index (κ2) is 10.4. The minimum atomic E-state index is -3.57. The molecule has 28 heavy (non-hydrogen) atoms. The molecule has 0 unspecified atom stereocenters. The molecule has 2 amide bonds. The molecule has 0 atom stereocenters. The summed E-state index contributed by atoms with van der Waals surface area (Å²) in [5, 5.41) is 5.39. The van der Waals surface area contributed by atoms with Crippen LogP contribution in [0.15, 0.2) is 53.0 Å². The van der Waals surface area contributed by atoms with Crippen molar-refractivity contribution in [3.8, 4) is 0 Å². The molecular weight excluding hydrogens is 444 g/mol. The van der Waals surface area contributed by atoms with E-state index in [1.807, 2.05) is 6.92 Å². The second-order valence-corrected chi connectivity index (χ2v) is 9.37. The Morgan fingerprint density at radius 2 is 1.71 bits per heavy atom. The van der Waals surface area contributed by atoms with Gasteiger partial charge in [-0.3, -0.25) is 9.59 Å². The van der Waals surface area contributed by atoms with Gasteiger partial charge in [0.2, 0.25) is 5.91 Å². The molecule has 0 fully saturated rings. The van der Waals surface area contributed by atoms with Crippen molar-refractivity contribution in [2.75, 3.05) is 12.3 Å². The Morgan fingerprint density at radius 3 is 2.39 bits per heavy atom. The zero-order chi connectivity index (χ0) is 20.6. The van der Waals surface area contributed by atoms with Gasteiger partial charge >= 0.3 is 0 Å². The molecule has 0 aromatic heterocycles. The van der Waals surface area contributed by atoms with Gasteiger partial charge in [0.15, 0.2) is 9.84 Å². The standard InChI is InChI=1S/C20H23BrN2O4S/c1-2-10-22-20(25)17-5-3-4-16(11-17)12-23-19(24)14-28(26,27)13-15-6-8-18(21)9-7-15/h3-9,11H,2,10,12-14H2,1H3,(H,22,25)(H,23,24). The van der Waals surface area contributed by atoms with Crippen LogP contribution >= 0.6 is 15.9 Å². The molecule has 8 heteroatoms. The van der Waals surface area contributed by atoms with Crippen molar-refractivity contribution in [3.05, 3.63) is 69.7 Å². The molecule has 0 saturated heterocycles. The van der Waals surface area contributed by atoms with Crippen LogP contribution in [-0.2, 0) is 26.9 Å². The van der Waals surface area contributed by atoms with E-state index in [0.717, 1.165) is 16.5 Å². The summed E-state index contributed by atoms with van der Waals surface area (Å²) in [4.78, 5) is 24.1. The number of halogens is 1. The maximum absolute atomic E-state index is 12.2. The molecule has 2 N–H and O–H groups in total. The quantitative estimate of drug-likeness (QED) is 0.594. The van der Waals surface area contributed by atoms with Crippen molar-refractivity contribution < 1.29 is 18.0 Å². The normalized spacial score (nSPS) is 11.1. The molecule has 2 rings (SSSR count). The molecule has 150 valence electrons. The molecule has 0 aliphatic rings. The lowest BCUT2D eigenvalue weighted by Crippen LogP contribution is -2.30. The fourth-order valence-electron chi connectivity index (χ4n) is 2.50. The first kappa shape index (κ1) is 22.1. The summed E-state index contributed by atoms with van der Waals surface area (Å²) in [7, 11) is -3.57. The molecule has 0 bridgehead atoms. The lowest BCUT2D eigenvalue weighted by molar-refractivity contribution is -0.118. The summed E-state index contributed by atoms with van der Waals surface area (Å²) in [6.07, 6.45) is 0.843. The Labute approximate surface area is 173 Å². The largest absolute Gasteiger partial charge is 0.352 e. The Kier molecular flexibility index (Phi) is 8.19. The molecule has 6 nitrogen and oxygen atoms in total. The molecule has 0 radical (unpaired) electrons. The van der Waals surface area contributed by atoms with Crippen molar-refractivity contribution in [3.63, 3.8) is 0 Å². The lowest BCUT2D eigenvalue weighted by atomic mass is 10.1. The molecule has 0 saturated carbocycles. The van der Waals surface area contributed by atoms with E-state index in [0.29, 0.717) is 17.7 Å². The van der Waals surface area contributed by atoms with E-state index < -0.39 is 21.5 Å². The topological polar surface area (TPSA) is 92.3 Å². The minimum Gasteiger partial charge on any atom is -0.352 e. The minimum absolute atomic E-state index is 0.154. The van der Waals surface area contributed by atoms with Crippen LogP contribution < -0.4 is 10.6 Å². The van der Waals surface area contributed by atoms with Crippen LogP contribution in [0.1, 0.15) is 34.8 Å². The Bertz CT molecular complexity index is 927. The van der Waals surface area contributed by atoms with E-state index in [-0.39, 0.29) is 18.2 Å². The van der Waals surface area contributed by atoms with Crippen LogP contribution in [0.2, 0.25) is 0 Å². The first-order chi connectivity index (χ1) is 13.3. The smallest absolute Gasteiger partial charge is 0.251 e. The number of hydrogen-bond donors (Lipinski definition) is 2. The van der Waals surface area contributed by atoms with Gasteiger partial charge in [0, 0.05) is 23.1 Å². The number of rotatable bonds is 9. The highest BCUT2D eigenvalue weighted by Gasteiger charge is 2.17. The zero-order valence-electron chi connectivity index (χ0n) is 15.6. The molecule has 0 heterocycles. The van der Waals surface area contributed by atoms with Crippen LogP contribution in [-0.4, -0.2) is 32.5 Å². The predicted molar refractivity (Wildman–Crippen MR) is 113 cm³/mol. The van der Waals surface area contributed by atoms with Gasteiger partial charge in [-0.15, -0.1) is 0 Å². The number of sulfone groups is 1. The van der Waals surface area contributed by atoms with E-state index in [1.165, 1.54) is 0 Å². The van der Waals surface area contributed by atoms with Gasteiger partial charge in [-0.05, 0) is 41.8 Å². The Morgan fingerprint density at radius 1 is 1.00 bits per heavy atom. The average Bonchev–Trinajstić information content (AvgIpc) is 2.66. The van der Waals surface area contributed by atoms with Crippen LogP contribution in [0.4, 0.5) is 0 Å². The van der Waals surface area contributed by atoms with Crippen molar-refractivity contribution in [2.24, 2.45) is 0 Å². The zero-order valence-corrected chi connectivity index (χ0v) is 18.0. The van der Waals surface area contributed by atoms with Crippen molar-refractivity contribution in [1.29, 1.82) is 0 Å². The lowest BCUT2D eigenvalue weighted by Gasteiger charge is -2.09. The third-order valence-corrected chi connectivity index (χ3v) is 5.87. The van der Waals surface area contributed by atoms with Gasteiger partial charge < -0.3 is 10.6 Å². The van der Waals surface area contributed by atoms with Gasteiger partial charge in [-0.25, -0.2) is 8.42 Å². The van der Waals surface area contributed by atoms with Crippen LogP contribution in [0, 0.1) is 0 Å². The first-order valence-electron chi connectivity index (χ1n) is 8.88. The molecule has 2 aromatic carbocycles. The fourth-order valence-corrected chi connectivity index (χ4v) is 4.07. The average molecular weight is 467 g/mol. The summed E-state index contributed by atoms with van der Waals surface area (Å²) in [6, 6.07) is 13.8. The fraction of sp³-hybridized carbons (Fsp3) is 0.300. The van der Waals surface area contributed by atoms with E-state index in [4.69, 9.17) is 0 Å². The Hall–Kier alpha value is -2.19. The molecule has 0 aliphatic carbocycles. The van der Waals surface area contributed by atoms with E-state index in [1.54, 1.807) is 48.5 Å². The molecular formula is C20H23BrN2O4S. The number of amides is 2. The number of benzene rings is 2. The summed E-state index contributed by atoms with van der Waals surface area (Å²) >= 11 is 3.30.